The predicted molar refractivity (Wildman–Crippen MR) is 67.4 cm³/mol. The second kappa shape index (κ2) is 3.47. The van der Waals surface area contributed by atoms with Crippen molar-refractivity contribution in [3.05, 3.63) is 28.2 Å². The van der Waals surface area contributed by atoms with Crippen molar-refractivity contribution in [2.24, 2.45) is 17.6 Å². The van der Waals surface area contributed by atoms with Crippen molar-refractivity contribution in [3.8, 4) is 5.75 Å². The molecule has 0 saturated heterocycles. The van der Waals surface area contributed by atoms with Crippen LogP contribution in [-0.2, 0) is 5.54 Å². The van der Waals surface area contributed by atoms with E-state index in [0.717, 1.165) is 10.2 Å². The molecule has 16 heavy (non-hydrogen) atoms. The Labute approximate surface area is 104 Å². The molecule has 0 spiro atoms. The Morgan fingerprint density at radius 2 is 2.06 bits per heavy atom. The van der Waals surface area contributed by atoms with Gasteiger partial charge >= 0.3 is 0 Å². The van der Waals surface area contributed by atoms with E-state index in [1.54, 1.807) is 7.11 Å². The zero-order valence-corrected chi connectivity index (χ0v) is 11.0. The molecule has 0 aliphatic heterocycles. The number of hydrogen-bond donors (Lipinski definition) is 1. The second-order valence-corrected chi connectivity index (χ2v) is 5.78. The highest BCUT2D eigenvalue weighted by Gasteiger charge is 2.64. The van der Waals surface area contributed by atoms with Gasteiger partial charge in [0.05, 0.1) is 11.6 Å². The standard InChI is InChI=1S/C13H16BrNO/c1-16-12-6-5-8(7-11(12)14)13(15)9-3-2-4-10(9)13/h5-7,9-10H,2-4,15H2,1H3. The third kappa shape index (κ3) is 1.28. The number of halogens is 1. The van der Waals surface area contributed by atoms with Crippen molar-refractivity contribution in [3.63, 3.8) is 0 Å². The molecule has 0 amide bonds. The van der Waals surface area contributed by atoms with Gasteiger partial charge in [-0.3, -0.25) is 0 Å². The Morgan fingerprint density at radius 1 is 1.38 bits per heavy atom. The van der Waals surface area contributed by atoms with E-state index in [1.807, 2.05) is 6.07 Å². The van der Waals surface area contributed by atoms with Crippen LogP contribution in [0.2, 0.25) is 0 Å². The number of benzene rings is 1. The molecule has 2 atom stereocenters. The summed E-state index contributed by atoms with van der Waals surface area (Å²) in [5.74, 6) is 2.30. The van der Waals surface area contributed by atoms with E-state index in [1.165, 1.54) is 24.8 Å². The van der Waals surface area contributed by atoms with E-state index in [2.05, 4.69) is 28.1 Å². The minimum Gasteiger partial charge on any atom is -0.496 e. The Balaban J connectivity index is 1.94. The van der Waals surface area contributed by atoms with Gasteiger partial charge in [0.1, 0.15) is 5.75 Å². The van der Waals surface area contributed by atoms with Crippen molar-refractivity contribution in [1.29, 1.82) is 0 Å². The van der Waals surface area contributed by atoms with Gasteiger partial charge in [0.15, 0.2) is 0 Å². The van der Waals surface area contributed by atoms with Crippen LogP contribution in [0.1, 0.15) is 24.8 Å². The fraction of sp³-hybridized carbons (Fsp3) is 0.538. The van der Waals surface area contributed by atoms with Crippen LogP contribution in [0.25, 0.3) is 0 Å². The van der Waals surface area contributed by atoms with Crippen LogP contribution < -0.4 is 10.5 Å². The topological polar surface area (TPSA) is 35.2 Å². The first-order valence-corrected chi connectivity index (χ1v) is 6.60. The summed E-state index contributed by atoms with van der Waals surface area (Å²) in [6.45, 7) is 0. The van der Waals surface area contributed by atoms with Crippen molar-refractivity contribution in [2.45, 2.75) is 24.8 Å². The molecule has 2 fully saturated rings. The van der Waals surface area contributed by atoms with Crippen LogP contribution >= 0.6 is 15.9 Å². The fourth-order valence-corrected chi connectivity index (χ4v) is 3.91. The summed E-state index contributed by atoms with van der Waals surface area (Å²) in [4.78, 5) is 0. The number of ether oxygens (including phenoxy) is 1. The van der Waals surface area contributed by atoms with Gasteiger partial charge in [-0.2, -0.15) is 0 Å². The van der Waals surface area contributed by atoms with Gasteiger partial charge in [0, 0.05) is 5.54 Å². The highest BCUT2D eigenvalue weighted by Crippen LogP contribution is 2.64. The molecule has 3 rings (SSSR count). The number of fused-ring (bicyclic) bond motifs is 1. The smallest absolute Gasteiger partial charge is 0.133 e. The summed E-state index contributed by atoms with van der Waals surface area (Å²) in [7, 11) is 1.68. The third-order valence-corrected chi connectivity index (χ3v) is 4.91. The summed E-state index contributed by atoms with van der Waals surface area (Å²) >= 11 is 3.53. The Hall–Kier alpha value is -0.540. The molecule has 1 aromatic carbocycles. The van der Waals surface area contributed by atoms with Crippen LogP contribution in [0, 0.1) is 11.8 Å². The lowest BCUT2D eigenvalue weighted by Gasteiger charge is -2.17. The molecule has 0 heterocycles. The molecule has 0 radical (unpaired) electrons. The van der Waals surface area contributed by atoms with E-state index in [0.29, 0.717) is 11.8 Å². The van der Waals surface area contributed by atoms with Crippen LogP contribution in [0.15, 0.2) is 22.7 Å². The first-order chi connectivity index (χ1) is 7.67. The fourth-order valence-electron chi connectivity index (χ4n) is 3.36. The van der Waals surface area contributed by atoms with E-state index in [9.17, 15) is 0 Å². The molecule has 0 bridgehead atoms. The number of methoxy groups -OCH3 is 1. The van der Waals surface area contributed by atoms with Crippen molar-refractivity contribution < 1.29 is 4.74 Å². The monoisotopic (exact) mass is 281 g/mol. The zero-order chi connectivity index (χ0) is 11.3. The van der Waals surface area contributed by atoms with Crippen LogP contribution in [0.3, 0.4) is 0 Å². The Kier molecular flexibility index (Phi) is 2.30. The van der Waals surface area contributed by atoms with E-state index >= 15 is 0 Å². The van der Waals surface area contributed by atoms with Gasteiger partial charge in [0.2, 0.25) is 0 Å². The summed E-state index contributed by atoms with van der Waals surface area (Å²) in [6, 6.07) is 6.24. The first-order valence-electron chi connectivity index (χ1n) is 5.81. The number of nitrogens with two attached hydrogens (primary N) is 1. The predicted octanol–water partition coefficient (Wildman–Crippen LogP) is 3.04. The zero-order valence-electron chi connectivity index (χ0n) is 9.37. The van der Waals surface area contributed by atoms with Gasteiger partial charge in [-0.15, -0.1) is 0 Å². The Morgan fingerprint density at radius 3 is 2.62 bits per heavy atom. The lowest BCUT2D eigenvalue weighted by Crippen LogP contribution is -2.25. The highest BCUT2D eigenvalue weighted by atomic mass is 79.9. The molecule has 1 aromatic rings. The van der Waals surface area contributed by atoms with E-state index in [4.69, 9.17) is 10.5 Å². The van der Waals surface area contributed by atoms with E-state index < -0.39 is 0 Å². The summed E-state index contributed by atoms with van der Waals surface area (Å²) in [5, 5.41) is 0. The highest BCUT2D eigenvalue weighted by molar-refractivity contribution is 9.10. The molecule has 2 unspecified atom stereocenters. The lowest BCUT2D eigenvalue weighted by molar-refractivity contribution is 0.411. The maximum absolute atomic E-state index is 6.52. The summed E-state index contributed by atoms with van der Waals surface area (Å²) < 4.78 is 6.24. The molecule has 2 aliphatic carbocycles. The average molecular weight is 282 g/mol. The normalized spacial score (nSPS) is 35.9. The molecule has 2 aliphatic rings. The van der Waals surface area contributed by atoms with Gasteiger partial charge in [-0.1, -0.05) is 12.5 Å². The average Bonchev–Trinajstić information content (AvgIpc) is 2.69. The largest absolute Gasteiger partial charge is 0.496 e. The number of rotatable bonds is 2. The lowest BCUT2D eigenvalue weighted by atomic mass is 9.97. The second-order valence-electron chi connectivity index (χ2n) is 4.93. The molecule has 2 nitrogen and oxygen atoms in total. The Bertz CT molecular complexity index is 422. The third-order valence-electron chi connectivity index (χ3n) is 4.29. The van der Waals surface area contributed by atoms with E-state index in [-0.39, 0.29) is 5.54 Å². The van der Waals surface area contributed by atoms with Crippen molar-refractivity contribution in [2.75, 3.05) is 7.11 Å². The van der Waals surface area contributed by atoms with Crippen LogP contribution in [-0.4, -0.2) is 7.11 Å². The molecule has 2 saturated carbocycles. The van der Waals surface area contributed by atoms with Crippen LogP contribution in [0.4, 0.5) is 0 Å². The molecule has 3 heteroatoms. The van der Waals surface area contributed by atoms with Gasteiger partial charge in [-0.05, 0) is 58.3 Å². The minimum atomic E-state index is -0.0486. The first kappa shape index (κ1) is 10.6. The molecule has 2 N–H and O–H groups in total. The molecular weight excluding hydrogens is 266 g/mol. The maximum atomic E-state index is 6.52. The summed E-state index contributed by atoms with van der Waals surface area (Å²) in [5.41, 5.74) is 7.73. The molecule has 0 aromatic heterocycles. The van der Waals surface area contributed by atoms with Gasteiger partial charge in [0.25, 0.3) is 0 Å². The van der Waals surface area contributed by atoms with Gasteiger partial charge < -0.3 is 10.5 Å². The molecular formula is C13H16BrNO. The summed E-state index contributed by atoms with van der Waals surface area (Å²) in [6.07, 6.45) is 3.95. The maximum Gasteiger partial charge on any atom is 0.133 e. The van der Waals surface area contributed by atoms with Crippen LogP contribution in [0.5, 0.6) is 5.75 Å². The van der Waals surface area contributed by atoms with Crippen molar-refractivity contribution in [1.82, 2.24) is 0 Å². The quantitative estimate of drug-likeness (QED) is 0.905. The van der Waals surface area contributed by atoms with Crippen molar-refractivity contribution >= 4 is 15.9 Å². The number of hydrogen-bond acceptors (Lipinski definition) is 2. The minimum absolute atomic E-state index is 0.0486. The molecule has 86 valence electrons. The van der Waals surface area contributed by atoms with Gasteiger partial charge in [-0.25, -0.2) is 0 Å². The SMILES string of the molecule is COc1ccc(C2(N)C3CCCC32)cc1Br.